The Hall–Kier alpha value is -2.63. The van der Waals surface area contributed by atoms with Gasteiger partial charge in [-0.1, -0.05) is 12.6 Å². The SMILES string of the molecule is C=C1NC(=O)CC[C@@]1(C)N1C(=O)c2cccc(N)c2C1=O. The van der Waals surface area contributed by atoms with Crippen LogP contribution in [0.25, 0.3) is 0 Å². The van der Waals surface area contributed by atoms with Crippen LogP contribution in [-0.4, -0.2) is 28.2 Å². The number of hydrogen-bond donors (Lipinski definition) is 2. The van der Waals surface area contributed by atoms with E-state index in [9.17, 15) is 14.4 Å². The molecule has 3 N–H and O–H groups in total. The molecular weight excluding hydrogens is 270 g/mol. The van der Waals surface area contributed by atoms with Crippen LogP contribution in [0.4, 0.5) is 5.69 Å². The minimum Gasteiger partial charge on any atom is -0.398 e. The maximum atomic E-state index is 12.6. The average Bonchev–Trinajstić information content (AvgIpc) is 2.68. The van der Waals surface area contributed by atoms with Crippen LogP contribution in [0.2, 0.25) is 0 Å². The average molecular weight is 285 g/mol. The van der Waals surface area contributed by atoms with E-state index in [4.69, 9.17) is 5.73 Å². The number of nitrogens with two attached hydrogens (primary N) is 1. The van der Waals surface area contributed by atoms with Gasteiger partial charge < -0.3 is 11.1 Å². The first-order chi connectivity index (χ1) is 9.86. The molecule has 2 heterocycles. The van der Waals surface area contributed by atoms with Gasteiger partial charge >= 0.3 is 0 Å². The van der Waals surface area contributed by atoms with E-state index < -0.39 is 17.4 Å². The van der Waals surface area contributed by atoms with Crippen LogP contribution >= 0.6 is 0 Å². The standard InChI is InChI=1S/C15H15N3O3/c1-8-15(2,7-6-11(19)17-8)18-13(20)9-4-3-5-10(16)12(9)14(18)21/h3-5H,1,6-7,16H2,2H3,(H,17,19)/t15-/m1/s1. The van der Waals surface area contributed by atoms with Gasteiger partial charge in [0.15, 0.2) is 0 Å². The monoisotopic (exact) mass is 285 g/mol. The normalized spacial score (nSPS) is 25.1. The largest absolute Gasteiger partial charge is 0.398 e. The molecule has 2 aliphatic rings. The second-order valence-corrected chi connectivity index (χ2v) is 5.52. The highest BCUT2D eigenvalue weighted by molar-refractivity contribution is 6.24. The molecule has 1 aromatic carbocycles. The third kappa shape index (κ3) is 1.68. The number of hydrogen-bond acceptors (Lipinski definition) is 4. The first-order valence-electron chi connectivity index (χ1n) is 6.63. The van der Waals surface area contributed by atoms with E-state index in [1.54, 1.807) is 25.1 Å². The van der Waals surface area contributed by atoms with Gasteiger partial charge in [0.05, 0.1) is 16.7 Å². The molecule has 0 bridgehead atoms. The van der Waals surface area contributed by atoms with Gasteiger partial charge in [-0.3, -0.25) is 19.3 Å². The summed E-state index contributed by atoms with van der Waals surface area (Å²) in [5.41, 5.74) is 6.05. The van der Waals surface area contributed by atoms with Crippen LogP contribution in [0, 0.1) is 0 Å². The molecule has 1 fully saturated rings. The number of carbonyl (C=O) groups is 3. The first kappa shape index (κ1) is 13.4. The summed E-state index contributed by atoms with van der Waals surface area (Å²) in [6.45, 7) is 5.54. The summed E-state index contributed by atoms with van der Waals surface area (Å²) >= 11 is 0. The summed E-state index contributed by atoms with van der Waals surface area (Å²) in [7, 11) is 0. The Morgan fingerprint density at radius 3 is 2.62 bits per heavy atom. The van der Waals surface area contributed by atoms with E-state index in [0.717, 1.165) is 4.90 Å². The Kier molecular flexibility index (Phi) is 2.66. The molecule has 2 aliphatic heterocycles. The van der Waals surface area contributed by atoms with Crippen molar-refractivity contribution in [1.29, 1.82) is 0 Å². The van der Waals surface area contributed by atoms with Gasteiger partial charge in [0.25, 0.3) is 11.8 Å². The van der Waals surface area contributed by atoms with Crippen molar-refractivity contribution in [3.05, 3.63) is 41.6 Å². The fourth-order valence-corrected chi connectivity index (χ4v) is 2.88. The topological polar surface area (TPSA) is 92.5 Å². The third-order valence-electron chi connectivity index (χ3n) is 4.22. The lowest BCUT2D eigenvalue weighted by Crippen LogP contribution is -2.57. The van der Waals surface area contributed by atoms with E-state index in [1.807, 2.05) is 0 Å². The smallest absolute Gasteiger partial charge is 0.264 e. The fourth-order valence-electron chi connectivity index (χ4n) is 2.88. The van der Waals surface area contributed by atoms with Crippen molar-refractivity contribution in [1.82, 2.24) is 10.2 Å². The molecule has 0 saturated carbocycles. The molecular formula is C15H15N3O3. The molecule has 6 heteroatoms. The molecule has 0 spiro atoms. The molecule has 0 radical (unpaired) electrons. The fraction of sp³-hybridized carbons (Fsp3) is 0.267. The predicted octanol–water partition coefficient (Wildman–Crippen LogP) is 1.05. The van der Waals surface area contributed by atoms with Gasteiger partial charge in [-0.05, 0) is 25.5 Å². The molecule has 3 rings (SSSR count). The van der Waals surface area contributed by atoms with Gasteiger partial charge in [0.2, 0.25) is 5.91 Å². The quantitative estimate of drug-likeness (QED) is 0.596. The summed E-state index contributed by atoms with van der Waals surface area (Å²) in [6.07, 6.45) is 0.585. The van der Waals surface area contributed by atoms with Gasteiger partial charge in [0.1, 0.15) is 0 Å². The van der Waals surface area contributed by atoms with Crippen molar-refractivity contribution in [3.8, 4) is 0 Å². The summed E-state index contributed by atoms with van der Waals surface area (Å²) in [5, 5.41) is 2.62. The number of amides is 3. The van der Waals surface area contributed by atoms with Crippen LogP contribution < -0.4 is 11.1 Å². The number of benzene rings is 1. The maximum absolute atomic E-state index is 12.6. The minimum atomic E-state index is -0.937. The van der Waals surface area contributed by atoms with Crippen molar-refractivity contribution in [2.45, 2.75) is 25.3 Å². The molecule has 108 valence electrons. The van der Waals surface area contributed by atoms with Crippen LogP contribution in [-0.2, 0) is 4.79 Å². The maximum Gasteiger partial charge on any atom is 0.264 e. The van der Waals surface area contributed by atoms with Gasteiger partial charge in [0, 0.05) is 17.8 Å². The van der Waals surface area contributed by atoms with Gasteiger partial charge in [-0.25, -0.2) is 0 Å². The van der Waals surface area contributed by atoms with Crippen LogP contribution in [0.5, 0.6) is 0 Å². The number of nitrogens with one attached hydrogen (secondary N) is 1. The highest BCUT2D eigenvalue weighted by Crippen LogP contribution is 2.38. The summed E-state index contributed by atoms with van der Waals surface area (Å²) < 4.78 is 0. The highest BCUT2D eigenvalue weighted by atomic mass is 16.2. The minimum absolute atomic E-state index is 0.159. The van der Waals surface area contributed by atoms with E-state index in [2.05, 4.69) is 11.9 Å². The van der Waals surface area contributed by atoms with Crippen molar-refractivity contribution in [2.75, 3.05) is 5.73 Å². The van der Waals surface area contributed by atoms with E-state index in [0.29, 0.717) is 17.7 Å². The Labute approximate surface area is 121 Å². The van der Waals surface area contributed by atoms with Crippen LogP contribution in [0.1, 0.15) is 40.5 Å². The summed E-state index contributed by atoms with van der Waals surface area (Å²) in [4.78, 5) is 37.8. The first-order valence-corrected chi connectivity index (χ1v) is 6.63. The van der Waals surface area contributed by atoms with E-state index in [1.165, 1.54) is 0 Å². The zero-order valence-corrected chi connectivity index (χ0v) is 11.6. The predicted molar refractivity (Wildman–Crippen MR) is 76.3 cm³/mol. The van der Waals surface area contributed by atoms with Crippen molar-refractivity contribution < 1.29 is 14.4 Å². The van der Waals surface area contributed by atoms with Crippen LogP contribution in [0.3, 0.4) is 0 Å². The molecule has 0 aromatic heterocycles. The number of rotatable bonds is 1. The lowest BCUT2D eigenvalue weighted by molar-refractivity contribution is -0.122. The Balaban J connectivity index is 2.08. The number of carbonyl (C=O) groups excluding carboxylic acids is 3. The van der Waals surface area contributed by atoms with Crippen molar-refractivity contribution >= 4 is 23.4 Å². The molecule has 0 aliphatic carbocycles. The molecule has 0 unspecified atom stereocenters. The summed E-state index contributed by atoms with van der Waals surface area (Å²) in [6, 6.07) is 4.81. The lowest BCUT2D eigenvalue weighted by Gasteiger charge is -2.41. The van der Waals surface area contributed by atoms with E-state index >= 15 is 0 Å². The second kappa shape index (κ2) is 4.18. The summed E-state index contributed by atoms with van der Waals surface area (Å²) in [5.74, 6) is -0.997. The van der Waals surface area contributed by atoms with Crippen LogP contribution in [0.15, 0.2) is 30.5 Å². The second-order valence-electron chi connectivity index (χ2n) is 5.52. The number of anilines is 1. The molecule has 6 nitrogen and oxygen atoms in total. The molecule has 3 amide bonds. The Bertz CT molecular complexity index is 710. The highest BCUT2D eigenvalue weighted by Gasteiger charge is 2.50. The molecule has 21 heavy (non-hydrogen) atoms. The number of nitrogen functional groups attached to an aromatic ring is 1. The third-order valence-corrected chi connectivity index (χ3v) is 4.22. The number of imide groups is 1. The molecule has 1 saturated heterocycles. The lowest BCUT2D eigenvalue weighted by atomic mass is 9.87. The molecule has 1 atom stereocenters. The van der Waals surface area contributed by atoms with Crippen molar-refractivity contribution in [2.24, 2.45) is 0 Å². The number of fused-ring (bicyclic) bond motifs is 1. The zero-order valence-electron chi connectivity index (χ0n) is 11.6. The Morgan fingerprint density at radius 1 is 1.29 bits per heavy atom. The zero-order chi connectivity index (χ0) is 15.4. The van der Waals surface area contributed by atoms with Gasteiger partial charge in [-0.2, -0.15) is 0 Å². The number of piperidine rings is 1. The number of nitrogens with zero attached hydrogens (tertiary/aromatic N) is 1. The van der Waals surface area contributed by atoms with E-state index in [-0.39, 0.29) is 23.6 Å². The van der Waals surface area contributed by atoms with Crippen molar-refractivity contribution in [3.63, 3.8) is 0 Å². The Morgan fingerprint density at radius 2 is 2.00 bits per heavy atom. The van der Waals surface area contributed by atoms with Gasteiger partial charge in [-0.15, -0.1) is 0 Å². The molecule has 1 aromatic rings.